The van der Waals surface area contributed by atoms with Gasteiger partial charge in [-0.05, 0) is 25.2 Å². The molecule has 0 saturated heterocycles. The molecule has 1 unspecified atom stereocenters. The van der Waals surface area contributed by atoms with E-state index < -0.39 is 4.92 Å². The Morgan fingerprint density at radius 1 is 1.65 bits per heavy atom. The average molecular weight is 255 g/mol. The molecule has 0 saturated carbocycles. The maximum Gasteiger partial charge on any atom is 0.287 e. The van der Waals surface area contributed by atoms with Crippen LogP contribution in [0.1, 0.15) is 19.4 Å². The molecular weight excluding hydrogens is 238 g/mol. The number of pyridine rings is 1. The minimum atomic E-state index is -0.430. The van der Waals surface area contributed by atoms with Crippen molar-refractivity contribution in [3.05, 3.63) is 27.9 Å². The number of hydrogen-bond acceptors (Lipinski definition) is 5. The van der Waals surface area contributed by atoms with Gasteiger partial charge in [0.05, 0.1) is 4.92 Å². The van der Waals surface area contributed by atoms with E-state index in [1.807, 2.05) is 18.7 Å². The minimum absolute atomic E-state index is 0.0311. The van der Waals surface area contributed by atoms with Crippen molar-refractivity contribution in [3.63, 3.8) is 0 Å². The molecule has 5 nitrogen and oxygen atoms in total. The molecule has 1 heterocycles. The summed E-state index contributed by atoms with van der Waals surface area (Å²) in [6, 6.07) is 1.84. The number of nitrogens with one attached hydrogen (secondary N) is 1. The quantitative estimate of drug-likeness (QED) is 0.625. The van der Waals surface area contributed by atoms with E-state index >= 15 is 0 Å². The van der Waals surface area contributed by atoms with Crippen LogP contribution in [0, 0.1) is 17.0 Å². The van der Waals surface area contributed by atoms with Crippen LogP contribution in [0.15, 0.2) is 12.3 Å². The number of anilines is 1. The Labute approximate surface area is 105 Å². The monoisotopic (exact) mass is 255 g/mol. The van der Waals surface area contributed by atoms with E-state index in [1.54, 1.807) is 0 Å². The Bertz CT molecular complexity index is 398. The zero-order valence-corrected chi connectivity index (χ0v) is 11.1. The second-order valence-electron chi connectivity index (χ2n) is 3.82. The average Bonchev–Trinajstić information content (AvgIpc) is 2.28. The number of thioether (sulfide) groups is 1. The summed E-state index contributed by atoms with van der Waals surface area (Å²) >= 11 is 1.85. The van der Waals surface area contributed by atoms with Gasteiger partial charge in [-0.15, -0.1) is 0 Å². The SMILES string of the molecule is CCSCC(C)Nc1ncc([N+](=O)[O-])cc1C. The Morgan fingerprint density at radius 3 is 2.88 bits per heavy atom. The molecule has 0 radical (unpaired) electrons. The van der Waals surface area contributed by atoms with Crippen LogP contribution in [0.4, 0.5) is 11.5 Å². The first-order valence-electron chi connectivity index (χ1n) is 5.50. The first kappa shape index (κ1) is 13.8. The molecule has 0 aliphatic heterocycles. The molecular formula is C11H17N3O2S. The summed E-state index contributed by atoms with van der Waals surface area (Å²) < 4.78 is 0. The van der Waals surface area contributed by atoms with Crippen molar-refractivity contribution in [3.8, 4) is 0 Å². The van der Waals surface area contributed by atoms with Crippen molar-refractivity contribution in [2.75, 3.05) is 16.8 Å². The molecule has 0 amide bonds. The highest BCUT2D eigenvalue weighted by molar-refractivity contribution is 7.99. The smallest absolute Gasteiger partial charge is 0.287 e. The first-order valence-corrected chi connectivity index (χ1v) is 6.65. The van der Waals surface area contributed by atoms with Crippen LogP contribution in [-0.4, -0.2) is 27.5 Å². The lowest BCUT2D eigenvalue weighted by Gasteiger charge is -2.15. The van der Waals surface area contributed by atoms with Gasteiger partial charge in [0.15, 0.2) is 0 Å². The zero-order chi connectivity index (χ0) is 12.8. The normalized spacial score (nSPS) is 12.2. The van der Waals surface area contributed by atoms with Gasteiger partial charge in [0, 0.05) is 17.9 Å². The van der Waals surface area contributed by atoms with Crippen molar-refractivity contribution in [2.45, 2.75) is 26.8 Å². The third kappa shape index (κ3) is 4.22. The predicted octanol–water partition coefficient (Wildman–Crippen LogP) is 2.85. The number of aryl methyl sites for hydroxylation is 1. The van der Waals surface area contributed by atoms with E-state index in [1.165, 1.54) is 12.3 Å². The van der Waals surface area contributed by atoms with Crippen LogP contribution >= 0.6 is 11.8 Å². The van der Waals surface area contributed by atoms with Gasteiger partial charge in [-0.3, -0.25) is 10.1 Å². The van der Waals surface area contributed by atoms with Gasteiger partial charge in [0.25, 0.3) is 5.69 Å². The Morgan fingerprint density at radius 2 is 2.35 bits per heavy atom. The highest BCUT2D eigenvalue weighted by Crippen LogP contribution is 2.19. The topological polar surface area (TPSA) is 68.1 Å². The molecule has 0 fully saturated rings. The standard InChI is InChI=1S/C11H17N3O2S/c1-4-17-7-9(3)13-11-8(2)5-10(6-12-11)14(15)16/h5-6,9H,4,7H2,1-3H3,(H,12,13). The summed E-state index contributed by atoms with van der Waals surface area (Å²) in [5.74, 6) is 2.80. The fourth-order valence-corrected chi connectivity index (χ4v) is 2.05. The molecule has 0 aliphatic carbocycles. The summed E-state index contributed by atoms with van der Waals surface area (Å²) in [6.45, 7) is 6.01. The van der Waals surface area contributed by atoms with E-state index in [-0.39, 0.29) is 5.69 Å². The lowest BCUT2D eigenvalue weighted by Crippen LogP contribution is -2.19. The zero-order valence-electron chi connectivity index (χ0n) is 10.3. The van der Waals surface area contributed by atoms with Crippen molar-refractivity contribution >= 4 is 23.3 Å². The molecule has 1 aromatic rings. The summed E-state index contributed by atoms with van der Waals surface area (Å²) in [7, 11) is 0. The number of nitro groups is 1. The molecule has 94 valence electrons. The maximum atomic E-state index is 10.6. The van der Waals surface area contributed by atoms with Gasteiger partial charge in [-0.1, -0.05) is 6.92 Å². The van der Waals surface area contributed by atoms with E-state index in [0.717, 1.165) is 22.9 Å². The van der Waals surface area contributed by atoms with E-state index in [4.69, 9.17) is 0 Å². The first-order chi connectivity index (χ1) is 8.04. The van der Waals surface area contributed by atoms with Crippen molar-refractivity contribution in [1.82, 2.24) is 4.98 Å². The largest absolute Gasteiger partial charge is 0.367 e. The van der Waals surface area contributed by atoms with E-state index in [2.05, 4.69) is 24.1 Å². The molecule has 1 aromatic heterocycles. The third-order valence-electron chi connectivity index (χ3n) is 2.23. The second kappa shape index (κ2) is 6.44. The van der Waals surface area contributed by atoms with Crippen LogP contribution in [0.25, 0.3) is 0 Å². The highest BCUT2D eigenvalue weighted by Gasteiger charge is 2.10. The van der Waals surface area contributed by atoms with Gasteiger partial charge in [0.2, 0.25) is 0 Å². The van der Waals surface area contributed by atoms with Crippen molar-refractivity contribution in [1.29, 1.82) is 0 Å². The summed E-state index contributed by atoms with van der Waals surface area (Å²) in [4.78, 5) is 14.2. The van der Waals surface area contributed by atoms with Gasteiger partial charge < -0.3 is 5.32 Å². The molecule has 0 aromatic carbocycles. The Kier molecular flexibility index (Phi) is 5.21. The van der Waals surface area contributed by atoms with Gasteiger partial charge >= 0.3 is 0 Å². The van der Waals surface area contributed by atoms with Gasteiger partial charge in [-0.25, -0.2) is 4.98 Å². The Hall–Kier alpha value is -1.30. The van der Waals surface area contributed by atoms with Gasteiger partial charge in [-0.2, -0.15) is 11.8 Å². The second-order valence-corrected chi connectivity index (χ2v) is 5.14. The molecule has 1 N–H and O–H groups in total. The lowest BCUT2D eigenvalue weighted by atomic mass is 10.2. The van der Waals surface area contributed by atoms with Crippen LogP contribution in [0.3, 0.4) is 0 Å². The number of rotatable bonds is 6. The van der Waals surface area contributed by atoms with Crippen molar-refractivity contribution in [2.24, 2.45) is 0 Å². The van der Waals surface area contributed by atoms with Crippen LogP contribution in [0.5, 0.6) is 0 Å². The van der Waals surface area contributed by atoms with Crippen LogP contribution in [0.2, 0.25) is 0 Å². The van der Waals surface area contributed by atoms with Crippen LogP contribution in [-0.2, 0) is 0 Å². The fourth-order valence-electron chi connectivity index (χ4n) is 1.38. The summed E-state index contributed by atoms with van der Waals surface area (Å²) in [5.41, 5.74) is 0.830. The minimum Gasteiger partial charge on any atom is -0.367 e. The summed E-state index contributed by atoms with van der Waals surface area (Å²) in [6.07, 6.45) is 1.29. The molecule has 6 heteroatoms. The van der Waals surface area contributed by atoms with Gasteiger partial charge in [0.1, 0.15) is 12.0 Å². The lowest BCUT2D eigenvalue weighted by molar-refractivity contribution is -0.385. The Balaban J connectivity index is 2.69. The predicted molar refractivity (Wildman–Crippen MR) is 71.7 cm³/mol. The molecule has 1 rings (SSSR count). The fraction of sp³-hybridized carbons (Fsp3) is 0.545. The molecule has 17 heavy (non-hydrogen) atoms. The van der Waals surface area contributed by atoms with E-state index in [9.17, 15) is 10.1 Å². The maximum absolute atomic E-state index is 10.6. The highest BCUT2D eigenvalue weighted by atomic mass is 32.2. The van der Waals surface area contributed by atoms with Crippen LogP contribution < -0.4 is 5.32 Å². The number of hydrogen-bond donors (Lipinski definition) is 1. The molecule has 0 aliphatic rings. The summed E-state index contributed by atoms with van der Waals surface area (Å²) in [5, 5.41) is 13.8. The molecule has 0 spiro atoms. The number of aromatic nitrogens is 1. The molecule has 0 bridgehead atoms. The molecule has 1 atom stereocenters. The van der Waals surface area contributed by atoms with Crippen molar-refractivity contribution < 1.29 is 4.92 Å². The van der Waals surface area contributed by atoms with E-state index in [0.29, 0.717) is 6.04 Å². The number of nitrogens with zero attached hydrogens (tertiary/aromatic N) is 2. The third-order valence-corrected chi connectivity index (χ3v) is 3.37.